The van der Waals surface area contributed by atoms with Gasteiger partial charge in [-0.1, -0.05) is 29.4 Å². The fourth-order valence-electron chi connectivity index (χ4n) is 2.74. The summed E-state index contributed by atoms with van der Waals surface area (Å²) in [6.07, 6.45) is 1.09. The third kappa shape index (κ3) is 3.71. The van der Waals surface area contributed by atoms with Gasteiger partial charge in [0, 0.05) is 11.1 Å². The highest BCUT2D eigenvalue weighted by atomic mass is 32.2. The molecular formula is C18H17FN2O3S. The van der Waals surface area contributed by atoms with Gasteiger partial charge < -0.3 is 4.52 Å². The number of aromatic nitrogens is 1. The molecule has 0 aliphatic carbocycles. The highest BCUT2D eigenvalue weighted by molar-refractivity contribution is 7.92. The number of benzene rings is 2. The standard InChI is InChI=1S/C18H17FN2O3S/c1-11-18(12(2)24-20-11)16-9-6-14(10-17(16)21-25(3,22)23)13-4-7-15(19)8-5-13/h4-10,21H,1-3H3. The summed E-state index contributed by atoms with van der Waals surface area (Å²) in [6.45, 7) is 3.57. The molecule has 7 heteroatoms. The maximum atomic E-state index is 13.1. The zero-order valence-corrected chi connectivity index (χ0v) is 14.8. The van der Waals surface area contributed by atoms with Crippen LogP contribution < -0.4 is 4.72 Å². The van der Waals surface area contributed by atoms with Gasteiger partial charge in [0.25, 0.3) is 0 Å². The first kappa shape index (κ1) is 17.2. The largest absolute Gasteiger partial charge is 0.361 e. The number of halogens is 1. The lowest BCUT2D eigenvalue weighted by molar-refractivity contribution is 0.393. The van der Waals surface area contributed by atoms with Crippen molar-refractivity contribution in [2.45, 2.75) is 13.8 Å². The zero-order valence-electron chi connectivity index (χ0n) is 14.0. The molecular weight excluding hydrogens is 343 g/mol. The lowest BCUT2D eigenvalue weighted by Crippen LogP contribution is -2.10. The van der Waals surface area contributed by atoms with Crippen LogP contribution in [-0.2, 0) is 10.0 Å². The van der Waals surface area contributed by atoms with Crippen LogP contribution in [0, 0.1) is 19.7 Å². The number of hydrogen-bond acceptors (Lipinski definition) is 4. The summed E-state index contributed by atoms with van der Waals surface area (Å²) in [7, 11) is -3.48. The van der Waals surface area contributed by atoms with E-state index in [2.05, 4.69) is 9.88 Å². The van der Waals surface area contributed by atoms with Crippen molar-refractivity contribution in [3.63, 3.8) is 0 Å². The molecule has 5 nitrogen and oxygen atoms in total. The number of aryl methyl sites for hydroxylation is 2. The highest BCUT2D eigenvalue weighted by Gasteiger charge is 2.18. The Morgan fingerprint density at radius 3 is 2.24 bits per heavy atom. The summed E-state index contributed by atoms with van der Waals surface area (Å²) < 4.78 is 44.4. The topological polar surface area (TPSA) is 72.2 Å². The third-order valence-electron chi connectivity index (χ3n) is 3.80. The summed E-state index contributed by atoms with van der Waals surface area (Å²) in [5.41, 5.74) is 4.05. The Bertz CT molecular complexity index is 1010. The van der Waals surface area contributed by atoms with Gasteiger partial charge in [-0.15, -0.1) is 0 Å². The summed E-state index contributed by atoms with van der Waals surface area (Å²) >= 11 is 0. The van der Waals surface area contributed by atoms with Crippen LogP contribution in [0.2, 0.25) is 0 Å². The molecule has 0 amide bonds. The molecule has 1 aromatic heterocycles. The SMILES string of the molecule is Cc1noc(C)c1-c1ccc(-c2ccc(F)cc2)cc1NS(C)(=O)=O. The second-order valence-electron chi connectivity index (χ2n) is 5.84. The van der Waals surface area contributed by atoms with E-state index in [1.807, 2.05) is 6.07 Å². The van der Waals surface area contributed by atoms with Crippen molar-refractivity contribution in [3.8, 4) is 22.3 Å². The molecule has 2 aromatic carbocycles. The molecule has 0 saturated carbocycles. The number of hydrogen-bond donors (Lipinski definition) is 1. The lowest BCUT2D eigenvalue weighted by atomic mass is 9.97. The molecule has 0 aliphatic heterocycles. The van der Waals surface area contributed by atoms with Crippen LogP contribution in [0.1, 0.15) is 11.5 Å². The predicted molar refractivity (Wildman–Crippen MR) is 95.3 cm³/mol. The molecule has 3 aromatic rings. The van der Waals surface area contributed by atoms with Crippen LogP contribution in [-0.4, -0.2) is 19.8 Å². The summed E-state index contributed by atoms with van der Waals surface area (Å²) in [5, 5.41) is 3.93. The van der Waals surface area contributed by atoms with Crippen molar-refractivity contribution in [3.05, 3.63) is 59.7 Å². The Morgan fingerprint density at radius 1 is 1.04 bits per heavy atom. The number of nitrogens with zero attached hydrogens (tertiary/aromatic N) is 1. The van der Waals surface area contributed by atoms with E-state index >= 15 is 0 Å². The van der Waals surface area contributed by atoms with Crippen LogP contribution in [0.5, 0.6) is 0 Å². The molecule has 0 aliphatic rings. The van der Waals surface area contributed by atoms with Crippen LogP contribution in [0.4, 0.5) is 10.1 Å². The second-order valence-corrected chi connectivity index (χ2v) is 7.59. The van der Waals surface area contributed by atoms with E-state index in [1.165, 1.54) is 12.1 Å². The van der Waals surface area contributed by atoms with Crippen LogP contribution >= 0.6 is 0 Å². The Morgan fingerprint density at radius 2 is 1.68 bits per heavy atom. The Labute approximate surface area is 145 Å². The molecule has 0 fully saturated rings. The van der Waals surface area contributed by atoms with Gasteiger partial charge in [0.2, 0.25) is 10.0 Å². The minimum atomic E-state index is -3.48. The first-order chi connectivity index (χ1) is 11.7. The number of rotatable bonds is 4. The van der Waals surface area contributed by atoms with Gasteiger partial charge in [-0.05, 0) is 43.2 Å². The first-order valence-electron chi connectivity index (χ1n) is 7.55. The van der Waals surface area contributed by atoms with Gasteiger partial charge in [-0.25, -0.2) is 12.8 Å². The summed E-state index contributed by atoms with van der Waals surface area (Å²) in [4.78, 5) is 0. The molecule has 25 heavy (non-hydrogen) atoms. The van der Waals surface area contributed by atoms with E-state index in [9.17, 15) is 12.8 Å². The van der Waals surface area contributed by atoms with E-state index in [1.54, 1.807) is 38.1 Å². The third-order valence-corrected chi connectivity index (χ3v) is 4.39. The highest BCUT2D eigenvalue weighted by Crippen LogP contribution is 2.36. The Hall–Kier alpha value is -2.67. The molecule has 1 N–H and O–H groups in total. The Kier molecular flexibility index (Phi) is 4.34. The maximum absolute atomic E-state index is 13.1. The molecule has 130 valence electrons. The van der Waals surface area contributed by atoms with Gasteiger partial charge in [-0.3, -0.25) is 4.72 Å². The van der Waals surface area contributed by atoms with Crippen molar-refractivity contribution in [2.24, 2.45) is 0 Å². The molecule has 0 spiro atoms. The fraction of sp³-hybridized carbons (Fsp3) is 0.167. The normalized spacial score (nSPS) is 11.5. The smallest absolute Gasteiger partial charge is 0.229 e. The molecule has 0 radical (unpaired) electrons. The predicted octanol–water partition coefficient (Wildman–Crippen LogP) is 4.14. The van der Waals surface area contributed by atoms with Crippen molar-refractivity contribution in [2.75, 3.05) is 11.0 Å². The van der Waals surface area contributed by atoms with Crippen LogP contribution in [0.25, 0.3) is 22.3 Å². The van der Waals surface area contributed by atoms with Gasteiger partial charge in [0.05, 0.1) is 17.6 Å². The van der Waals surface area contributed by atoms with Crippen molar-refractivity contribution in [1.29, 1.82) is 0 Å². The zero-order chi connectivity index (χ0) is 18.2. The van der Waals surface area contributed by atoms with E-state index in [0.29, 0.717) is 22.7 Å². The molecule has 1 heterocycles. The van der Waals surface area contributed by atoms with Crippen LogP contribution in [0.15, 0.2) is 47.0 Å². The summed E-state index contributed by atoms with van der Waals surface area (Å²) in [5.74, 6) is 0.272. The second kappa shape index (κ2) is 6.33. The van der Waals surface area contributed by atoms with Crippen molar-refractivity contribution >= 4 is 15.7 Å². The van der Waals surface area contributed by atoms with E-state index in [4.69, 9.17) is 4.52 Å². The van der Waals surface area contributed by atoms with Gasteiger partial charge in [0.1, 0.15) is 11.6 Å². The summed E-state index contributed by atoms with van der Waals surface area (Å²) in [6, 6.07) is 11.4. The molecule has 0 atom stereocenters. The lowest BCUT2D eigenvalue weighted by Gasteiger charge is -2.13. The molecule has 0 unspecified atom stereocenters. The monoisotopic (exact) mass is 360 g/mol. The van der Waals surface area contributed by atoms with Gasteiger partial charge in [0.15, 0.2) is 0 Å². The van der Waals surface area contributed by atoms with Gasteiger partial charge in [-0.2, -0.15) is 0 Å². The van der Waals surface area contributed by atoms with Crippen molar-refractivity contribution < 1.29 is 17.3 Å². The van der Waals surface area contributed by atoms with Crippen LogP contribution in [0.3, 0.4) is 0 Å². The van der Waals surface area contributed by atoms with E-state index in [-0.39, 0.29) is 5.82 Å². The average molecular weight is 360 g/mol. The number of anilines is 1. The molecule has 3 rings (SSSR count). The molecule has 0 saturated heterocycles. The number of sulfonamides is 1. The molecule has 0 bridgehead atoms. The maximum Gasteiger partial charge on any atom is 0.229 e. The number of nitrogens with one attached hydrogen (secondary N) is 1. The van der Waals surface area contributed by atoms with E-state index < -0.39 is 10.0 Å². The quantitative estimate of drug-likeness (QED) is 0.759. The average Bonchev–Trinajstić information content (AvgIpc) is 2.86. The van der Waals surface area contributed by atoms with Gasteiger partial charge >= 0.3 is 0 Å². The minimum absolute atomic E-state index is 0.328. The van der Waals surface area contributed by atoms with Crippen molar-refractivity contribution in [1.82, 2.24) is 5.16 Å². The Balaban J connectivity index is 2.18. The first-order valence-corrected chi connectivity index (χ1v) is 9.45. The minimum Gasteiger partial charge on any atom is -0.361 e. The fourth-order valence-corrected chi connectivity index (χ4v) is 3.30. The van der Waals surface area contributed by atoms with E-state index in [0.717, 1.165) is 22.9 Å².